The monoisotopic (exact) mass is 686 g/mol. The molecule has 0 spiro atoms. The van der Waals surface area contributed by atoms with Crippen LogP contribution >= 0.6 is 0 Å². The van der Waals surface area contributed by atoms with Crippen LogP contribution in [0.3, 0.4) is 0 Å². The normalized spacial score (nSPS) is 12.7. The van der Waals surface area contributed by atoms with Gasteiger partial charge in [-0.1, -0.05) is 65.2 Å². The molecule has 0 unspecified atom stereocenters. The summed E-state index contributed by atoms with van der Waals surface area (Å²) in [6.07, 6.45) is 4.03. The number of benzene rings is 4. The molecule has 7 rings (SSSR count). The van der Waals surface area contributed by atoms with Crippen LogP contribution in [-0.2, 0) is 21.1 Å². The van der Waals surface area contributed by atoms with E-state index in [1.807, 2.05) is 115 Å². The molecular weight excluding hydrogens is 663 g/mol. The summed E-state index contributed by atoms with van der Waals surface area (Å²) >= 11 is 0. The Morgan fingerprint density at radius 2 is 1.64 bits per heavy atom. The second-order valence-electron chi connectivity index (χ2n) is 9.15. The Kier molecular flexibility index (Phi) is 6.68. The van der Waals surface area contributed by atoms with Gasteiger partial charge in [-0.15, -0.1) is 42.1 Å². The fraction of sp³-hybridized carbons (Fsp3) is 0.0303. The van der Waals surface area contributed by atoms with Crippen LogP contribution in [-0.4, -0.2) is 16.9 Å². The van der Waals surface area contributed by atoms with E-state index in [-0.39, 0.29) is 21.1 Å². The van der Waals surface area contributed by atoms with Gasteiger partial charge in [-0.3, -0.25) is 4.98 Å². The summed E-state index contributed by atoms with van der Waals surface area (Å²) in [6.45, 7) is 2.02. The van der Waals surface area contributed by atoms with Gasteiger partial charge in [-0.05, 0) is 49.4 Å². The molecule has 6 heteroatoms. The van der Waals surface area contributed by atoms with Crippen molar-refractivity contribution in [3.63, 3.8) is 0 Å². The Morgan fingerprint density at radius 3 is 2.49 bits per heavy atom. The van der Waals surface area contributed by atoms with Crippen molar-refractivity contribution >= 4 is 44.8 Å². The number of pyridine rings is 1. The predicted molar refractivity (Wildman–Crippen MR) is 153 cm³/mol. The van der Waals surface area contributed by atoms with E-state index in [1.54, 1.807) is 0 Å². The molecule has 0 N–H and O–H groups in total. The summed E-state index contributed by atoms with van der Waals surface area (Å²) < 4.78 is 6.28. The Morgan fingerprint density at radius 1 is 0.821 bits per heavy atom. The zero-order valence-corrected chi connectivity index (χ0v) is 23.3. The molecule has 0 aliphatic carbocycles. The maximum Gasteiger partial charge on any atom is 0.126 e. The minimum Gasteiger partial charge on any atom is -0.510 e. The third-order valence-electron chi connectivity index (χ3n) is 6.62. The summed E-state index contributed by atoms with van der Waals surface area (Å²) in [5.41, 5.74) is 6.11. The van der Waals surface area contributed by atoms with Crippen LogP contribution in [0.2, 0.25) is 0 Å². The molecule has 5 nitrogen and oxygen atoms in total. The average Bonchev–Trinajstić information content (AvgIpc) is 3.58. The Bertz CT molecular complexity index is 1800. The number of hydrogen-bond acceptors (Lipinski definition) is 5. The number of aromatic nitrogens is 1. The van der Waals surface area contributed by atoms with Crippen LogP contribution in [0.25, 0.3) is 33.2 Å². The zero-order chi connectivity index (χ0) is 25.5. The number of furan rings is 1. The second kappa shape index (κ2) is 10.4. The number of nitrogens with zero attached hydrogens (tertiary/aromatic N) is 4. The molecule has 39 heavy (non-hydrogen) atoms. The Balaban J connectivity index is 0.00000277. The van der Waals surface area contributed by atoms with E-state index >= 15 is 0 Å². The molecule has 0 atom stereocenters. The van der Waals surface area contributed by atoms with Crippen LogP contribution in [0.15, 0.2) is 120 Å². The molecule has 0 radical (unpaired) electrons. The summed E-state index contributed by atoms with van der Waals surface area (Å²) in [5.74, 6) is 0.779. The predicted octanol–water partition coefficient (Wildman–Crippen LogP) is 8.06. The van der Waals surface area contributed by atoms with Gasteiger partial charge >= 0.3 is 0 Å². The summed E-state index contributed by atoms with van der Waals surface area (Å²) in [6, 6.07) is 41.5. The Labute approximate surface area is 241 Å². The minimum absolute atomic E-state index is 0. The van der Waals surface area contributed by atoms with Gasteiger partial charge in [0.1, 0.15) is 11.4 Å². The van der Waals surface area contributed by atoms with E-state index in [0.29, 0.717) is 0 Å². The van der Waals surface area contributed by atoms with Gasteiger partial charge in [-0.2, -0.15) is 12.7 Å². The number of hydrogen-bond donors (Lipinski definition) is 0. The van der Waals surface area contributed by atoms with Crippen molar-refractivity contribution in [3.05, 3.63) is 134 Å². The minimum atomic E-state index is 0. The molecule has 194 valence electrons. The van der Waals surface area contributed by atoms with E-state index in [4.69, 9.17) is 9.40 Å². The maximum absolute atomic E-state index is 6.28. The maximum atomic E-state index is 6.28. The van der Waals surface area contributed by atoms with Crippen LogP contribution in [0.5, 0.6) is 0 Å². The van der Waals surface area contributed by atoms with E-state index in [9.17, 15) is 0 Å². The molecule has 0 amide bonds. The molecule has 0 saturated heterocycles. The number of rotatable bonds is 5. The quantitative estimate of drug-likeness (QED) is 0.172. The van der Waals surface area contributed by atoms with Crippen molar-refractivity contribution in [1.82, 2.24) is 9.88 Å². The fourth-order valence-electron chi connectivity index (χ4n) is 4.86. The number of para-hydroxylation sites is 2. The largest absolute Gasteiger partial charge is 0.510 e. The molecular formula is C33H23N4OPt-3. The van der Waals surface area contributed by atoms with Crippen LogP contribution in [0.1, 0.15) is 0 Å². The van der Waals surface area contributed by atoms with Gasteiger partial charge in [-0.25, -0.2) is 0 Å². The van der Waals surface area contributed by atoms with E-state index in [2.05, 4.69) is 41.3 Å². The van der Waals surface area contributed by atoms with Crippen molar-refractivity contribution in [2.24, 2.45) is 0 Å². The van der Waals surface area contributed by atoms with Crippen LogP contribution in [0.4, 0.5) is 22.9 Å². The Hall–Kier alpha value is -4.34. The summed E-state index contributed by atoms with van der Waals surface area (Å²) in [5, 5.41) is 2.15. The molecule has 6 aromatic rings. The van der Waals surface area contributed by atoms with Crippen molar-refractivity contribution in [2.45, 2.75) is 0 Å². The molecule has 1 aliphatic rings. The van der Waals surface area contributed by atoms with E-state index in [1.165, 1.54) is 0 Å². The van der Waals surface area contributed by atoms with Gasteiger partial charge in [0, 0.05) is 32.1 Å². The SMILES string of the molecule is CN1C=CN(c2[c-]c(N(c3ccccc3)c3cccc(-c4[c-]ccc5c4oc4ccccc45)n3)ccc2)[CH-]1.[Pt]. The van der Waals surface area contributed by atoms with Crippen LogP contribution < -0.4 is 9.80 Å². The van der Waals surface area contributed by atoms with Gasteiger partial charge in [0.15, 0.2) is 0 Å². The molecule has 0 saturated carbocycles. The molecule has 0 fully saturated rings. The van der Waals surface area contributed by atoms with Crippen molar-refractivity contribution in [1.29, 1.82) is 0 Å². The van der Waals surface area contributed by atoms with Gasteiger partial charge < -0.3 is 19.1 Å². The third kappa shape index (κ3) is 4.60. The van der Waals surface area contributed by atoms with Crippen molar-refractivity contribution in [3.8, 4) is 11.3 Å². The molecule has 3 heterocycles. The van der Waals surface area contributed by atoms with E-state index < -0.39 is 0 Å². The second-order valence-corrected chi connectivity index (χ2v) is 9.15. The van der Waals surface area contributed by atoms with Crippen LogP contribution in [0, 0.1) is 18.8 Å². The third-order valence-corrected chi connectivity index (χ3v) is 6.62. The summed E-state index contributed by atoms with van der Waals surface area (Å²) in [4.78, 5) is 11.3. The first-order valence-corrected chi connectivity index (χ1v) is 12.4. The number of anilines is 4. The first-order valence-electron chi connectivity index (χ1n) is 12.4. The first kappa shape index (κ1) is 25.0. The summed E-state index contributed by atoms with van der Waals surface area (Å²) in [7, 11) is 2.01. The standard InChI is InChI=1S/C33H23N4O.Pt/c1-35-20-21-36(23-35)25-12-7-13-26(22-25)37(24-10-3-2-4-11-24)32-19-9-17-30(34-32)29-16-8-15-28-27-14-5-6-18-31(27)38-33(28)29;/h2-15,17-21,23H,1H3;/q-3;. The smallest absolute Gasteiger partial charge is 0.126 e. The first-order chi connectivity index (χ1) is 18.7. The van der Waals surface area contributed by atoms with Crippen molar-refractivity contribution < 1.29 is 25.5 Å². The molecule has 1 aliphatic heterocycles. The van der Waals surface area contributed by atoms with Gasteiger partial charge in [0.05, 0.1) is 5.58 Å². The number of fused-ring (bicyclic) bond motifs is 3. The average molecular weight is 687 g/mol. The zero-order valence-electron chi connectivity index (χ0n) is 21.1. The van der Waals surface area contributed by atoms with Crippen molar-refractivity contribution in [2.75, 3.05) is 16.8 Å². The van der Waals surface area contributed by atoms with Gasteiger partial charge in [0.2, 0.25) is 0 Å². The fourth-order valence-corrected chi connectivity index (χ4v) is 4.86. The van der Waals surface area contributed by atoms with Gasteiger partial charge in [0.25, 0.3) is 0 Å². The molecule has 2 aromatic heterocycles. The molecule has 0 bridgehead atoms. The molecule has 4 aromatic carbocycles. The topological polar surface area (TPSA) is 35.8 Å². The van der Waals surface area contributed by atoms with E-state index in [0.717, 1.165) is 56.1 Å².